The van der Waals surface area contributed by atoms with Crippen molar-refractivity contribution in [3.63, 3.8) is 0 Å². The number of aromatic nitrogens is 1. The Labute approximate surface area is 85.5 Å². The molecular formula is C5H8BrCl2N3. The SMILES string of the molecule is Cl.Cl.Nc1ccc(Br)nc1N. The first-order chi connectivity index (χ1) is 4.20. The fourth-order valence-electron chi connectivity index (χ4n) is 0.461. The molecular weight excluding hydrogens is 253 g/mol. The van der Waals surface area contributed by atoms with Crippen molar-refractivity contribution in [2.24, 2.45) is 0 Å². The lowest BCUT2D eigenvalue weighted by Crippen LogP contribution is -1.96. The van der Waals surface area contributed by atoms with Gasteiger partial charge in [0.05, 0.1) is 5.69 Å². The molecule has 1 heterocycles. The van der Waals surface area contributed by atoms with E-state index >= 15 is 0 Å². The molecule has 1 aromatic rings. The third-order valence-electron chi connectivity index (χ3n) is 0.923. The summed E-state index contributed by atoms with van der Waals surface area (Å²) in [4.78, 5) is 3.84. The van der Waals surface area contributed by atoms with E-state index in [1.165, 1.54) is 0 Å². The Morgan fingerprint density at radius 2 is 1.73 bits per heavy atom. The minimum atomic E-state index is 0. The molecule has 3 nitrogen and oxygen atoms in total. The average molecular weight is 261 g/mol. The Bertz CT molecular complexity index is 231. The lowest BCUT2D eigenvalue weighted by atomic mass is 10.4. The van der Waals surface area contributed by atoms with Crippen molar-refractivity contribution in [3.8, 4) is 0 Å². The monoisotopic (exact) mass is 259 g/mol. The number of halogens is 3. The molecule has 11 heavy (non-hydrogen) atoms. The number of rotatable bonds is 0. The summed E-state index contributed by atoms with van der Waals surface area (Å²) in [5.41, 5.74) is 11.2. The predicted octanol–water partition coefficient (Wildman–Crippen LogP) is 1.85. The van der Waals surface area contributed by atoms with Crippen LogP contribution in [0.5, 0.6) is 0 Å². The van der Waals surface area contributed by atoms with Crippen molar-refractivity contribution in [1.29, 1.82) is 0 Å². The van der Waals surface area contributed by atoms with E-state index in [9.17, 15) is 0 Å². The Kier molecular flexibility index (Phi) is 6.65. The van der Waals surface area contributed by atoms with Crippen LogP contribution in [0.4, 0.5) is 11.5 Å². The second-order valence-electron chi connectivity index (χ2n) is 1.61. The van der Waals surface area contributed by atoms with E-state index in [0.717, 1.165) is 0 Å². The van der Waals surface area contributed by atoms with Gasteiger partial charge < -0.3 is 11.5 Å². The molecule has 0 amide bonds. The van der Waals surface area contributed by atoms with Gasteiger partial charge in [0.15, 0.2) is 0 Å². The molecule has 0 saturated heterocycles. The van der Waals surface area contributed by atoms with Gasteiger partial charge in [0.2, 0.25) is 0 Å². The average Bonchev–Trinajstić information content (AvgIpc) is 1.80. The van der Waals surface area contributed by atoms with Crippen molar-refractivity contribution in [3.05, 3.63) is 16.7 Å². The second kappa shape index (κ2) is 5.46. The second-order valence-corrected chi connectivity index (χ2v) is 2.42. The Morgan fingerprint density at radius 1 is 1.18 bits per heavy atom. The predicted molar refractivity (Wildman–Crippen MR) is 55.3 cm³/mol. The summed E-state index contributed by atoms with van der Waals surface area (Å²) < 4.78 is 0.703. The zero-order valence-corrected chi connectivity index (χ0v) is 8.67. The van der Waals surface area contributed by atoms with Gasteiger partial charge in [-0.3, -0.25) is 0 Å². The molecule has 0 aromatic carbocycles. The molecule has 0 spiro atoms. The molecule has 6 heteroatoms. The van der Waals surface area contributed by atoms with Crippen molar-refractivity contribution >= 4 is 52.2 Å². The standard InChI is InChI=1S/C5H6BrN3.2ClH/c6-4-2-1-3(7)5(8)9-4;;/h1-2H,7H2,(H2,8,9);2*1H. The largest absolute Gasteiger partial charge is 0.396 e. The smallest absolute Gasteiger partial charge is 0.147 e. The number of anilines is 2. The lowest BCUT2D eigenvalue weighted by molar-refractivity contribution is 1.29. The van der Waals surface area contributed by atoms with Gasteiger partial charge in [-0.15, -0.1) is 24.8 Å². The molecule has 0 atom stereocenters. The quantitative estimate of drug-likeness (QED) is 0.700. The minimum Gasteiger partial charge on any atom is -0.396 e. The maximum absolute atomic E-state index is 5.38. The van der Waals surface area contributed by atoms with Crippen LogP contribution < -0.4 is 11.5 Å². The highest BCUT2D eigenvalue weighted by molar-refractivity contribution is 9.10. The minimum absolute atomic E-state index is 0. The van der Waals surface area contributed by atoms with Gasteiger partial charge in [-0.05, 0) is 28.1 Å². The summed E-state index contributed by atoms with van der Waals surface area (Å²) >= 11 is 3.15. The molecule has 0 unspecified atom stereocenters. The Balaban J connectivity index is 0. The highest BCUT2D eigenvalue weighted by Crippen LogP contribution is 2.14. The van der Waals surface area contributed by atoms with Crippen molar-refractivity contribution < 1.29 is 0 Å². The van der Waals surface area contributed by atoms with Crippen molar-refractivity contribution in [2.75, 3.05) is 11.5 Å². The summed E-state index contributed by atoms with van der Waals surface area (Å²) in [7, 11) is 0. The van der Waals surface area contributed by atoms with Gasteiger partial charge in [-0.2, -0.15) is 0 Å². The topological polar surface area (TPSA) is 64.9 Å². The van der Waals surface area contributed by atoms with Crippen LogP contribution in [0, 0.1) is 0 Å². The van der Waals surface area contributed by atoms with Gasteiger partial charge in [-0.1, -0.05) is 0 Å². The van der Waals surface area contributed by atoms with E-state index in [1.807, 2.05) is 0 Å². The van der Waals surface area contributed by atoms with E-state index in [0.29, 0.717) is 16.1 Å². The maximum Gasteiger partial charge on any atom is 0.147 e. The van der Waals surface area contributed by atoms with Crippen LogP contribution in [0.15, 0.2) is 16.7 Å². The summed E-state index contributed by atoms with van der Waals surface area (Å²) in [5.74, 6) is 0.365. The first-order valence-corrected chi connectivity index (χ1v) is 3.17. The van der Waals surface area contributed by atoms with Crippen LogP contribution in [0.3, 0.4) is 0 Å². The molecule has 4 N–H and O–H groups in total. The van der Waals surface area contributed by atoms with Crippen LogP contribution in [-0.4, -0.2) is 4.98 Å². The molecule has 0 aliphatic rings. The molecule has 0 aliphatic carbocycles. The van der Waals surface area contributed by atoms with Crippen LogP contribution in [0.2, 0.25) is 0 Å². The number of nitrogens with zero attached hydrogens (tertiary/aromatic N) is 1. The summed E-state index contributed by atoms with van der Waals surface area (Å²) in [5, 5.41) is 0. The number of hydrogen-bond acceptors (Lipinski definition) is 3. The molecule has 0 fully saturated rings. The molecule has 0 radical (unpaired) electrons. The molecule has 1 aromatic heterocycles. The number of nitrogens with two attached hydrogens (primary N) is 2. The first-order valence-electron chi connectivity index (χ1n) is 2.37. The van der Waals surface area contributed by atoms with Crippen LogP contribution in [-0.2, 0) is 0 Å². The normalized spacial score (nSPS) is 7.73. The van der Waals surface area contributed by atoms with E-state index < -0.39 is 0 Å². The molecule has 0 bridgehead atoms. The summed E-state index contributed by atoms with van der Waals surface area (Å²) in [6.45, 7) is 0. The van der Waals surface area contributed by atoms with Crippen LogP contribution >= 0.6 is 40.7 Å². The highest BCUT2D eigenvalue weighted by Gasteiger charge is 1.93. The van der Waals surface area contributed by atoms with E-state index in [-0.39, 0.29) is 24.8 Å². The van der Waals surface area contributed by atoms with E-state index in [4.69, 9.17) is 11.5 Å². The summed E-state index contributed by atoms with van der Waals surface area (Å²) in [6.07, 6.45) is 0. The number of nitrogen functional groups attached to an aromatic ring is 2. The Morgan fingerprint density at radius 3 is 2.09 bits per heavy atom. The number of hydrogen-bond donors (Lipinski definition) is 2. The van der Waals surface area contributed by atoms with Gasteiger partial charge in [0.25, 0.3) is 0 Å². The van der Waals surface area contributed by atoms with Crippen LogP contribution in [0.1, 0.15) is 0 Å². The van der Waals surface area contributed by atoms with Crippen molar-refractivity contribution in [1.82, 2.24) is 4.98 Å². The molecule has 0 saturated carbocycles. The van der Waals surface area contributed by atoms with Gasteiger partial charge in [0, 0.05) is 0 Å². The molecule has 1 rings (SSSR count). The maximum atomic E-state index is 5.38. The summed E-state index contributed by atoms with van der Waals surface area (Å²) in [6, 6.07) is 3.44. The van der Waals surface area contributed by atoms with Gasteiger partial charge in [0.1, 0.15) is 10.4 Å². The third kappa shape index (κ3) is 3.65. The Hall–Kier alpha value is -0.190. The van der Waals surface area contributed by atoms with Crippen molar-refractivity contribution in [2.45, 2.75) is 0 Å². The van der Waals surface area contributed by atoms with Gasteiger partial charge in [-0.25, -0.2) is 4.98 Å². The van der Waals surface area contributed by atoms with E-state index in [1.54, 1.807) is 12.1 Å². The third-order valence-corrected chi connectivity index (χ3v) is 1.37. The van der Waals surface area contributed by atoms with Gasteiger partial charge >= 0.3 is 0 Å². The zero-order valence-electron chi connectivity index (χ0n) is 5.45. The molecule has 64 valence electrons. The lowest BCUT2D eigenvalue weighted by Gasteiger charge is -1.96. The molecule has 0 aliphatic heterocycles. The fourth-order valence-corrected chi connectivity index (χ4v) is 0.784. The zero-order chi connectivity index (χ0) is 6.85. The van der Waals surface area contributed by atoms with E-state index in [2.05, 4.69) is 20.9 Å². The highest BCUT2D eigenvalue weighted by atomic mass is 79.9. The first kappa shape index (κ1) is 13.4. The number of pyridine rings is 1. The van der Waals surface area contributed by atoms with Crippen LogP contribution in [0.25, 0.3) is 0 Å². The fraction of sp³-hybridized carbons (Fsp3) is 0.